The van der Waals surface area contributed by atoms with Gasteiger partial charge in [-0.25, -0.2) is 4.98 Å². The Morgan fingerprint density at radius 2 is 1.77 bits per heavy atom. The first-order chi connectivity index (χ1) is 16.6. The van der Waals surface area contributed by atoms with Gasteiger partial charge < -0.3 is 14.6 Å². The SMILES string of the molecule is C[C@H]1C[C@@H](n2c(Nc3ccc(OC(F)(F)F)cc3)nc3cc(C4CNNC4)ccc32)CC(C)(C)C1. The summed E-state index contributed by atoms with van der Waals surface area (Å²) in [5.74, 6) is 1.43. The zero-order valence-electron chi connectivity index (χ0n) is 20.2. The molecule has 2 aliphatic rings. The molecule has 1 saturated heterocycles. The van der Waals surface area contributed by atoms with E-state index < -0.39 is 6.36 Å². The Morgan fingerprint density at radius 1 is 1.06 bits per heavy atom. The first-order valence-corrected chi connectivity index (χ1v) is 12.2. The van der Waals surface area contributed by atoms with Crippen LogP contribution in [0.3, 0.4) is 0 Å². The summed E-state index contributed by atoms with van der Waals surface area (Å²) in [7, 11) is 0. The smallest absolute Gasteiger partial charge is 0.406 e. The van der Waals surface area contributed by atoms with E-state index in [0.29, 0.717) is 23.5 Å². The zero-order valence-corrected chi connectivity index (χ0v) is 20.2. The highest BCUT2D eigenvalue weighted by atomic mass is 19.4. The van der Waals surface area contributed by atoms with Gasteiger partial charge in [0.25, 0.3) is 0 Å². The molecule has 0 unspecified atom stereocenters. The lowest BCUT2D eigenvalue weighted by Gasteiger charge is -2.40. The van der Waals surface area contributed by atoms with Gasteiger partial charge in [-0.05, 0) is 72.6 Å². The summed E-state index contributed by atoms with van der Waals surface area (Å²) >= 11 is 0. The average Bonchev–Trinajstić information content (AvgIpc) is 3.40. The number of imidazole rings is 1. The van der Waals surface area contributed by atoms with Crippen LogP contribution in [0.1, 0.15) is 57.6 Å². The molecule has 2 atom stereocenters. The molecule has 0 amide bonds. The van der Waals surface area contributed by atoms with Crippen molar-refractivity contribution >= 4 is 22.7 Å². The molecule has 5 rings (SSSR count). The lowest BCUT2D eigenvalue weighted by atomic mass is 9.70. The lowest BCUT2D eigenvalue weighted by molar-refractivity contribution is -0.274. The third-order valence-corrected chi connectivity index (χ3v) is 7.08. The predicted octanol–water partition coefficient (Wildman–Crippen LogP) is 6.26. The molecule has 2 aromatic carbocycles. The maximum absolute atomic E-state index is 12.5. The fraction of sp³-hybridized carbons (Fsp3) is 0.500. The number of hydrazine groups is 1. The van der Waals surface area contributed by atoms with Crippen LogP contribution in [0.4, 0.5) is 24.8 Å². The maximum Gasteiger partial charge on any atom is 0.573 e. The molecule has 1 aliphatic heterocycles. The second-order valence-corrected chi connectivity index (χ2v) is 10.8. The fourth-order valence-electron chi connectivity index (χ4n) is 5.89. The van der Waals surface area contributed by atoms with Gasteiger partial charge in [0, 0.05) is 30.7 Å². The number of halogens is 3. The van der Waals surface area contributed by atoms with Gasteiger partial charge in [0.15, 0.2) is 0 Å². The van der Waals surface area contributed by atoms with Crippen molar-refractivity contribution in [1.82, 2.24) is 20.4 Å². The highest BCUT2D eigenvalue weighted by Crippen LogP contribution is 2.46. The minimum absolute atomic E-state index is 0.216. The van der Waals surface area contributed by atoms with Gasteiger partial charge in [-0.3, -0.25) is 10.9 Å². The van der Waals surface area contributed by atoms with Crippen LogP contribution in [0.2, 0.25) is 0 Å². The molecule has 1 aromatic heterocycles. The second-order valence-electron chi connectivity index (χ2n) is 10.8. The van der Waals surface area contributed by atoms with Crippen LogP contribution in [-0.2, 0) is 0 Å². The van der Waals surface area contributed by atoms with E-state index in [2.05, 4.69) is 64.4 Å². The largest absolute Gasteiger partial charge is 0.573 e. The molecule has 3 aromatic rings. The van der Waals surface area contributed by atoms with Gasteiger partial charge >= 0.3 is 6.36 Å². The molecule has 9 heteroatoms. The number of rotatable bonds is 5. The van der Waals surface area contributed by atoms with E-state index in [1.165, 1.54) is 24.1 Å². The molecule has 0 bridgehead atoms. The number of hydrogen-bond acceptors (Lipinski definition) is 5. The molecule has 1 saturated carbocycles. The number of fused-ring (bicyclic) bond motifs is 1. The molecular weight excluding hydrogens is 455 g/mol. The summed E-state index contributed by atoms with van der Waals surface area (Å²) in [5.41, 5.74) is 10.5. The number of alkyl halides is 3. The summed E-state index contributed by atoms with van der Waals surface area (Å²) in [6.45, 7) is 8.69. The zero-order chi connectivity index (χ0) is 24.8. The molecule has 0 radical (unpaired) electrons. The highest BCUT2D eigenvalue weighted by Gasteiger charge is 2.35. The van der Waals surface area contributed by atoms with Crippen LogP contribution < -0.4 is 20.9 Å². The molecule has 1 aliphatic carbocycles. The van der Waals surface area contributed by atoms with Crippen molar-refractivity contribution in [3.05, 3.63) is 48.0 Å². The first kappa shape index (κ1) is 23.9. The maximum atomic E-state index is 12.5. The Morgan fingerprint density at radius 3 is 2.43 bits per heavy atom. The van der Waals surface area contributed by atoms with Gasteiger partial charge in [0.2, 0.25) is 5.95 Å². The van der Waals surface area contributed by atoms with Crippen molar-refractivity contribution in [2.45, 2.75) is 58.4 Å². The van der Waals surface area contributed by atoms with Crippen LogP contribution in [0.25, 0.3) is 11.0 Å². The Labute approximate surface area is 203 Å². The van der Waals surface area contributed by atoms with Crippen LogP contribution in [0.15, 0.2) is 42.5 Å². The van der Waals surface area contributed by atoms with Gasteiger partial charge in [-0.1, -0.05) is 26.8 Å². The molecule has 2 fully saturated rings. The molecule has 3 N–H and O–H groups in total. The van der Waals surface area contributed by atoms with Gasteiger partial charge in [-0.2, -0.15) is 0 Å². The number of anilines is 2. The fourth-order valence-corrected chi connectivity index (χ4v) is 5.89. The van der Waals surface area contributed by atoms with E-state index in [1.807, 2.05) is 0 Å². The van der Waals surface area contributed by atoms with Crippen molar-refractivity contribution < 1.29 is 17.9 Å². The van der Waals surface area contributed by atoms with E-state index >= 15 is 0 Å². The third-order valence-electron chi connectivity index (χ3n) is 7.08. The summed E-state index contributed by atoms with van der Waals surface area (Å²) in [4.78, 5) is 4.97. The number of nitrogens with zero attached hydrogens (tertiary/aromatic N) is 2. The first-order valence-electron chi connectivity index (χ1n) is 12.2. The number of benzene rings is 2. The molecule has 0 spiro atoms. The van der Waals surface area contributed by atoms with Crippen LogP contribution >= 0.6 is 0 Å². The highest BCUT2D eigenvalue weighted by molar-refractivity contribution is 5.81. The van der Waals surface area contributed by atoms with Gasteiger partial charge in [-0.15, -0.1) is 13.2 Å². The van der Waals surface area contributed by atoms with E-state index in [0.717, 1.165) is 37.0 Å². The summed E-state index contributed by atoms with van der Waals surface area (Å²) < 4.78 is 43.9. The van der Waals surface area contributed by atoms with Crippen LogP contribution in [0.5, 0.6) is 5.75 Å². The van der Waals surface area contributed by atoms with Crippen molar-refractivity contribution in [2.75, 3.05) is 18.4 Å². The van der Waals surface area contributed by atoms with Crippen molar-refractivity contribution in [3.63, 3.8) is 0 Å². The molecule has 6 nitrogen and oxygen atoms in total. The predicted molar refractivity (Wildman–Crippen MR) is 131 cm³/mol. The minimum Gasteiger partial charge on any atom is -0.406 e. The van der Waals surface area contributed by atoms with E-state index in [9.17, 15) is 13.2 Å². The lowest BCUT2D eigenvalue weighted by Crippen LogP contribution is -2.29. The Balaban J connectivity index is 1.51. The number of nitrogens with one attached hydrogen (secondary N) is 3. The normalized spacial score (nSPS) is 23.0. The van der Waals surface area contributed by atoms with Crippen molar-refractivity contribution in [2.24, 2.45) is 11.3 Å². The van der Waals surface area contributed by atoms with E-state index in [-0.39, 0.29) is 17.2 Å². The van der Waals surface area contributed by atoms with Gasteiger partial charge in [0.1, 0.15) is 5.75 Å². The van der Waals surface area contributed by atoms with E-state index in [4.69, 9.17) is 4.98 Å². The van der Waals surface area contributed by atoms with Gasteiger partial charge in [0.05, 0.1) is 11.0 Å². The minimum atomic E-state index is -4.71. The molecule has 188 valence electrons. The Bertz CT molecular complexity index is 1180. The second kappa shape index (κ2) is 9.02. The Kier molecular flexibility index (Phi) is 6.17. The van der Waals surface area contributed by atoms with Crippen molar-refractivity contribution in [1.29, 1.82) is 0 Å². The average molecular weight is 488 g/mol. The topological polar surface area (TPSA) is 63.1 Å². The molecular formula is C26H32F3N5O. The standard InChI is InChI=1S/C26H32F3N5O/c1-16-10-20(13-25(2,3)12-16)34-23-9-4-17(18-14-30-31-15-18)11-22(23)33-24(34)32-19-5-7-21(8-6-19)35-26(27,28)29/h4-9,11,16,18,20,30-31H,10,12-15H2,1-3H3,(H,32,33)/t16-,20+/m0/s1. The summed E-state index contributed by atoms with van der Waals surface area (Å²) in [6.07, 6.45) is -1.44. The monoisotopic (exact) mass is 487 g/mol. The van der Waals surface area contributed by atoms with Crippen LogP contribution in [0, 0.1) is 11.3 Å². The summed E-state index contributed by atoms with van der Waals surface area (Å²) in [5, 5.41) is 3.37. The van der Waals surface area contributed by atoms with Crippen molar-refractivity contribution in [3.8, 4) is 5.75 Å². The summed E-state index contributed by atoms with van der Waals surface area (Å²) in [6, 6.07) is 12.6. The number of aromatic nitrogens is 2. The quantitative estimate of drug-likeness (QED) is 0.397. The number of hydrogen-bond donors (Lipinski definition) is 3. The number of ether oxygens (including phenoxy) is 1. The van der Waals surface area contributed by atoms with Crippen LogP contribution in [-0.4, -0.2) is 29.0 Å². The molecule has 2 heterocycles. The Hall–Kier alpha value is -2.78. The van der Waals surface area contributed by atoms with E-state index in [1.54, 1.807) is 12.1 Å². The molecule has 35 heavy (non-hydrogen) atoms. The third kappa shape index (κ3) is 5.41.